The molecule has 0 spiro atoms. The quantitative estimate of drug-likeness (QED) is 0.360. The van der Waals surface area contributed by atoms with Crippen LogP contribution in [0, 0.1) is 0 Å². The van der Waals surface area contributed by atoms with E-state index in [1.807, 2.05) is 32.0 Å². The number of nitrogens with zero attached hydrogens (tertiary/aromatic N) is 2. The minimum absolute atomic E-state index is 0.202. The van der Waals surface area contributed by atoms with E-state index in [2.05, 4.69) is 28.2 Å². The highest BCUT2D eigenvalue weighted by atomic mass is 32.2. The molecule has 124 valence electrons. The number of ether oxygens (including phenoxy) is 1. The van der Waals surface area contributed by atoms with Gasteiger partial charge in [-0.3, -0.25) is 4.79 Å². The lowest BCUT2D eigenvalue weighted by Crippen LogP contribution is -2.17. The Hall–Kier alpha value is -1.92. The molecule has 0 saturated carbocycles. The summed E-state index contributed by atoms with van der Waals surface area (Å²) in [6.45, 7) is 4.29. The number of carbonyl (C=O) groups is 1. The summed E-state index contributed by atoms with van der Waals surface area (Å²) in [5, 5.41) is 1.51. The molecule has 24 heavy (non-hydrogen) atoms. The summed E-state index contributed by atoms with van der Waals surface area (Å²) in [7, 11) is 0. The molecule has 0 amide bonds. The Morgan fingerprint density at radius 2 is 2.08 bits per heavy atom. The van der Waals surface area contributed by atoms with Gasteiger partial charge in [-0.15, -0.1) is 11.3 Å². The lowest BCUT2D eigenvalue weighted by molar-refractivity contribution is -0.142. The molecule has 0 unspecified atom stereocenters. The number of fused-ring (bicyclic) bond motifs is 1. The fraction of sp³-hybridized carbons (Fsp3) is 0.278. The van der Waals surface area contributed by atoms with Crippen LogP contribution in [0.25, 0.3) is 20.7 Å². The first-order valence-corrected chi connectivity index (χ1v) is 9.52. The van der Waals surface area contributed by atoms with Gasteiger partial charge < -0.3 is 4.74 Å². The zero-order chi connectivity index (χ0) is 16.9. The maximum Gasteiger partial charge on any atom is 0.319 e. The predicted octanol–water partition coefficient (Wildman–Crippen LogP) is 4.79. The minimum atomic E-state index is -0.297. The number of esters is 1. The standard InChI is InChI=1S/C18H18N2O2S2/c1-3-9-22-18(21)12(2)23-16-14-10-15(13-7-5-4-6-8-13)24-17(14)20-11-19-16/h4-8,10-12H,3,9H2,1-2H3/t12-/m0/s1. The number of benzene rings is 1. The average Bonchev–Trinajstić information content (AvgIpc) is 3.05. The van der Waals surface area contributed by atoms with E-state index in [0.29, 0.717) is 6.61 Å². The number of hydrogen-bond acceptors (Lipinski definition) is 6. The molecular weight excluding hydrogens is 340 g/mol. The van der Waals surface area contributed by atoms with Gasteiger partial charge in [0.05, 0.1) is 6.61 Å². The van der Waals surface area contributed by atoms with E-state index in [1.165, 1.54) is 11.8 Å². The first-order chi connectivity index (χ1) is 11.7. The van der Waals surface area contributed by atoms with Gasteiger partial charge in [-0.05, 0) is 25.0 Å². The van der Waals surface area contributed by atoms with Crippen LogP contribution in [0.15, 0.2) is 47.8 Å². The molecule has 0 aliphatic carbocycles. The fourth-order valence-corrected chi connectivity index (χ4v) is 4.17. The Labute approximate surface area is 149 Å². The van der Waals surface area contributed by atoms with E-state index < -0.39 is 0 Å². The second-order valence-electron chi connectivity index (χ2n) is 5.30. The summed E-state index contributed by atoms with van der Waals surface area (Å²) < 4.78 is 5.21. The SMILES string of the molecule is CCCOC(=O)[C@H](C)Sc1ncnc2sc(-c3ccccc3)cc12. The van der Waals surface area contributed by atoms with Gasteiger partial charge in [0.15, 0.2) is 0 Å². The van der Waals surface area contributed by atoms with E-state index in [4.69, 9.17) is 4.74 Å². The van der Waals surface area contributed by atoms with Crippen LogP contribution >= 0.6 is 23.1 Å². The van der Waals surface area contributed by atoms with Gasteiger partial charge in [-0.25, -0.2) is 9.97 Å². The largest absolute Gasteiger partial charge is 0.465 e. The zero-order valence-electron chi connectivity index (χ0n) is 13.6. The molecule has 1 atom stereocenters. The number of thiophene rings is 1. The fourth-order valence-electron chi connectivity index (χ4n) is 2.21. The van der Waals surface area contributed by atoms with Gasteiger partial charge in [0.25, 0.3) is 0 Å². The van der Waals surface area contributed by atoms with Crippen molar-refractivity contribution < 1.29 is 9.53 Å². The third kappa shape index (κ3) is 3.76. The van der Waals surface area contributed by atoms with Crippen molar-refractivity contribution in [3.8, 4) is 10.4 Å². The maximum atomic E-state index is 12.0. The third-order valence-corrected chi connectivity index (χ3v) is 5.61. The Balaban J connectivity index is 1.86. The monoisotopic (exact) mass is 358 g/mol. The molecule has 2 aromatic heterocycles. The van der Waals surface area contributed by atoms with Crippen molar-refractivity contribution in [1.82, 2.24) is 9.97 Å². The van der Waals surface area contributed by atoms with E-state index in [1.54, 1.807) is 17.7 Å². The van der Waals surface area contributed by atoms with Gasteiger partial charge in [0.1, 0.15) is 21.4 Å². The number of aromatic nitrogens is 2. The van der Waals surface area contributed by atoms with E-state index in [9.17, 15) is 4.79 Å². The molecule has 0 fully saturated rings. The first-order valence-electron chi connectivity index (χ1n) is 7.82. The maximum absolute atomic E-state index is 12.0. The highest BCUT2D eigenvalue weighted by Gasteiger charge is 2.19. The second-order valence-corrected chi connectivity index (χ2v) is 7.66. The van der Waals surface area contributed by atoms with Crippen LogP contribution in [-0.2, 0) is 9.53 Å². The normalized spacial score (nSPS) is 12.2. The number of carbonyl (C=O) groups excluding carboxylic acids is 1. The highest BCUT2D eigenvalue weighted by Crippen LogP contribution is 2.37. The molecule has 0 aliphatic rings. The summed E-state index contributed by atoms with van der Waals surface area (Å²) in [5.41, 5.74) is 1.16. The van der Waals surface area contributed by atoms with Crippen LogP contribution in [-0.4, -0.2) is 27.8 Å². The van der Waals surface area contributed by atoms with Gasteiger partial charge in [0.2, 0.25) is 0 Å². The van der Waals surface area contributed by atoms with Crippen molar-refractivity contribution in [3.05, 3.63) is 42.7 Å². The highest BCUT2D eigenvalue weighted by molar-refractivity contribution is 8.00. The van der Waals surface area contributed by atoms with Crippen molar-refractivity contribution in [2.24, 2.45) is 0 Å². The molecule has 3 rings (SSSR count). The summed E-state index contributed by atoms with van der Waals surface area (Å²) in [6.07, 6.45) is 2.38. The van der Waals surface area contributed by atoms with Crippen molar-refractivity contribution >= 4 is 39.3 Å². The molecular formula is C18H18N2O2S2. The molecule has 3 aromatic rings. The minimum Gasteiger partial charge on any atom is -0.465 e. The predicted molar refractivity (Wildman–Crippen MR) is 99.4 cm³/mol. The topological polar surface area (TPSA) is 52.1 Å². The van der Waals surface area contributed by atoms with E-state index in [-0.39, 0.29) is 11.2 Å². The smallest absolute Gasteiger partial charge is 0.319 e. The summed E-state index contributed by atoms with van der Waals surface area (Å²) in [5.74, 6) is -0.202. The Bertz CT molecular complexity index is 833. The Morgan fingerprint density at radius 1 is 1.29 bits per heavy atom. The van der Waals surface area contributed by atoms with E-state index in [0.717, 1.165) is 32.1 Å². The van der Waals surface area contributed by atoms with Crippen molar-refractivity contribution in [3.63, 3.8) is 0 Å². The van der Waals surface area contributed by atoms with Crippen molar-refractivity contribution in [2.75, 3.05) is 6.61 Å². The molecule has 6 heteroatoms. The summed E-state index contributed by atoms with van der Waals surface area (Å²) >= 11 is 3.05. The molecule has 0 radical (unpaired) electrons. The van der Waals surface area contributed by atoms with Crippen LogP contribution in [0.1, 0.15) is 20.3 Å². The molecule has 0 bridgehead atoms. The van der Waals surface area contributed by atoms with Crippen molar-refractivity contribution in [1.29, 1.82) is 0 Å². The molecule has 0 saturated heterocycles. The van der Waals surface area contributed by atoms with Gasteiger partial charge in [-0.1, -0.05) is 49.0 Å². The number of thioether (sulfide) groups is 1. The van der Waals surface area contributed by atoms with Gasteiger partial charge in [0, 0.05) is 10.3 Å². The van der Waals surface area contributed by atoms with Gasteiger partial charge in [-0.2, -0.15) is 0 Å². The molecule has 4 nitrogen and oxygen atoms in total. The third-order valence-electron chi connectivity index (χ3n) is 3.42. The lowest BCUT2D eigenvalue weighted by Gasteiger charge is -2.10. The molecule has 2 heterocycles. The Kier molecular flexibility index (Phi) is 5.48. The second kappa shape index (κ2) is 7.77. The molecule has 1 aromatic carbocycles. The number of rotatable bonds is 6. The van der Waals surface area contributed by atoms with Crippen LogP contribution in [0.4, 0.5) is 0 Å². The van der Waals surface area contributed by atoms with Gasteiger partial charge >= 0.3 is 5.97 Å². The average molecular weight is 358 g/mol. The summed E-state index contributed by atoms with van der Waals surface area (Å²) in [6, 6.07) is 12.3. The van der Waals surface area contributed by atoms with Crippen LogP contribution in [0.3, 0.4) is 0 Å². The summed E-state index contributed by atoms with van der Waals surface area (Å²) in [4.78, 5) is 22.8. The van der Waals surface area contributed by atoms with Crippen LogP contribution in [0.2, 0.25) is 0 Å². The first kappa shape index (κ1) is 16.9. The Morgan fingerprint density at radius 3 is 2.83 bits per heavy atom. The lowest BCUT2D eigenvalue weighted by atomic mass is 10.2. The molecule has 0 N–H and O–H groups in total. The van der Waals surface area contributed by atoms with Crippen molar-refractivity contribution in [2.45, 2.75) is 30.5 Å². The zero-order valence-corrected chi connectivity index (χ0v) is 15.2. The van der Waals surface area contributed by atoms with E-state index >= 15 is 0 Å². The van der Waals surface area contributed by atoms with Crippen LogP contribution < -0.4 is 0 Å². The number of hydrogen-bond donors (Lipinski definition) is 0. The molecule has 0 aliphatic heterocycles. The van der Waals surface area contributed by atoms with Crippen LogP contribution in [0.5, 0.6) is 0 Å².